The molecule has 0 unspecified atom stereocenters. The van der Waals surface area contributed by atoms with Crippen molar-refractivity contribution >= 4 is 33.3 Å². The largest absolute Gasteiger partial charge is 0.310 e. The average Bonchev–Trinajstić information content (AvgIpc) is 3.32. The maximum Gasteiger partial charge on any atom is 0.225 e. The average molecular weight is 352 g/mol. The third-order valence-electron chi connectivity index (χ3n) is 3.52. The van der Waals surface area contributed by atoms with E-state index in [1.807, 2.05) is 29.6 Å². The zero-order chi connectivity index (χ0) is 17.1. The first-order valence-corrected chi connectivity index (χ1v) is 8.44. The van der Waals surface area contributed by atoms with Crippen molar-refractivity contribution in [3.05, 3.63) is 35.8 Å². The van der Waals surface area contributed by atoms with Crippen LogP contribution in [-0.2, 0) is 4.79 Å². The lowest BCUT2D eigenvalue weighted by atomic mass is 10.2. The molecule has 0 aliphatic carbocycles. The Morgan fingerprint density at radius 2 is 2.04 bits per heavy atom. The minimum atomic E-state index is -0.374. The van der Waals surface area contributed by atoms with E-state index >= 15 is 0 Å². The maximum absolute atomic E-state index is 12.3. The fourth-order valence-corrected chi connectivity index (χ4v) is 3.08. The molecule has 0 saturated carbocycles. The molecular formula is C15H12N8OS. The quantitative estimate of drug-likeness (QED) is 0.754. The highest BCUT2D eigenvalue weighted by Crippen LogP contribution is 2.28. The SMILES string of the molecule is O=C(CCC1N=NN=N1)Nc1nc(-c2ccccn2)nc2sccc12. The van der Waals surface area contributed by atoms with E-state index in [0.717, 1.165) is 10.2 Å². The van der Waals surface area contributed by atoms with Gasteiger partial charge in [0.1, 0.15) is 16.3 Å². The second kappa shape index (κ2) is 6.77. The van der Waals surface area contributed by atoms with Crippen molar-refractivity contribution in [3.8, 4) is 11.5 Å². The molecule has 0 saturated heterocycles. The third-order valence-corrected chi connectivity index (χ3v) is 4.32. The number of carbonyl (C=O) groups excluding carboxylic acids is 1. The minimum Gasteiger partial charge on any atom is -0.310 e. The number of pyridine rings is 1. The van der Waals surface area contributed by atoms with Crippen LogP contribution in [0.15, 0.2) is 56.5 Å². The lowest BCUT2D eigenvalue weighted by Crippen LogP contribution is -2.15. The molecule has 1 aliphatic rings. The van der Waals surface area contributed by atoms with Crippen LogP contribution in [-0.4, -0.2) is 27.0 Å². The molecule has 3 aromatic heterocycles. The summed E-state index contributed by atoms with van der Waals surface area (Å²) in [6.45, 7) is 0. The molecule has 25 heavy (non-hydrogen) atoms. The summed E-state index contributed by atoms with van der Waals surface area (Å²) in [5.41, 5.74) is 0.653. The molecule has 0 aromatic carbocycles. The summed E-state index contributed by atoms with van der Waals surface area (Å²) in [7, 11) is 0. The Bertz CT molecular complexity index is 956. The normalized spacial score (nSPS) is 13.6. The van der Waals surface area contributed by atoms with Gasteiger partial charge in [-0.25, -0.2) is 9.97 Å². The van der Waals surface area contributed by atoms with E-state index in [1.165, 1.54) is 11.3 Å². The number of aromatic nitrogens is 3. The number of nitrogens with one attached hydrogen (secondary N) is 1. The summed E-state index contributed by atoms with van der Waals surface area (Å²) in [4.78, 5) is 26.3. The topological polar surface area (TPSA) is 117 Å². The number of carbonyl (C=O) groups is 1. The van der Waals surface area contributed by atoms with Gasteiger partial charge in [-0.15, -0.1) is 21.6 Å². The molecule has 0 spiro atoms. The Hall–Kier alpha value is -3.14. The number of hydrogen-bond donors (Lipinski definition) is 1. The predicted molar refractivity (Wildman–Crippen MR) is 92.0 cm³/mol. The van der Waals surface area contributed by atoms with Gasteiger partial charge in [-0.05, 0) is 34.0 Å². The minimum absolute atomic E-state index is 0.171. The van der Waals surface area contributed by atoms with Crippen LogP contribution in [0.4, 0.5) is 5.82 Å². The Labute approximate surface area is 145 Å². The van der Waals surface area contributed by atoms with Gasteiger partial charge in [-0.1, -0.05) is 6.07 Å². The second-order valence-electron chi connectivity index (χ2n) is 5.23. The van der Waals surface area contributed by atoms with Crippen LogP contribution < -0.4 is 5.32 Å². The Balaban J connectivity index is 1.57. The molecule has 0 radical (unpaired) electrons. The van der Waals surface area contributed by atoms with Gasteiger partial charge in [-0.3, -0.25) is 9.78 Å². The summed E-state index contributed by atoms with van der Waals surface area (Å²) >= 11 is 1.49. The summed E-state index contributed by atoms with van der Waals surface area (Å²) in [5.74, 6) is 0.784. The molecule has 1 aliphatic heterocycles. The highest BCUT2D eigenvalue weighted by molar-refractivity contribution is 7.16. The number of thiophene rings is 1. The van der Waals surface area contributed by atoms with Crippen molar-refractivity contribution in [3.63, 3.8) is 0 Å². The van der Waals surface area contributed by atoms with Crippen LogP contribution in [0.25, 0.3) is 21.7 Å². The van der Waals surface area contributed by atoms with E-state index in [9.17, 15) is 4.79 Å². The first kappa shape index (κ1) is 15.4. The second-order valence-corrected chi connectivity index (χ2v) is 6.12. The van der Waals surface area contributed by atoms with Gasteiger partial charge in [0.15, 0.2) is 12.0 Å². The molecule has 124 valence electrons. The van der Waals surface area contributed by atoms with Crippen LogP contribution in [0.1, 0.15) is 12.8 Å². The molecule has 4 heterocycles. The van der Waals surface area contributed by atoms with Crippen molar-refractivity contribution in [1.82, 2.24) is 15.0 Å². The van der Waals surface area contributed by atoms with Crippen molar-refractivity contribution in [2.24, 2.45) is 20.7 Å². The van der Waals surface area contributed by atoms with E-state index < -0.39 is 0 Å². The van der Waals surface area contributed by atoms with E-state index in [-0.39, 0.29) is 18.5 Å². The van der Waals surface area contributed by atoms with E-state index in [1.54, 1.807) is 6.20 Å². The predicted octanol–water partition coefficient (Wildman–Crippen LogP) is 3.63. The zero-order valence-corrected chi connectivity index (χ0v) is 13.7. The van der Waals surface area contributed by atoms with Crippen LogP contribution in [0.2, 0.25) is 0 Å². The monoisotopic (exact) mass is 352 g/mol. The molecule has 10 heteroatoms. The fourth-order valence-electron chi connectivity index (χ4n) is 2.32. The number of amides is 1. The van der Waals surface area contributed by atoms with Crippen molar-refractivity contribution in [2.45, 2.75) is 19.0 Å². The fraction of sp³-hybridized carbons (Fsp3) is 0.200. The highest BCUT2D eigenvalue weighted by Gasteiger charge is 2.16. The summed E-state index contributed by atoms with van der Waals surface area (Å²) in [6, 6.07) is 7.41. The van der Waals surface area contributed by atoms with Crippen LogP contribution in [0, 0.1) is 0 Å². The van der Waals surface area contributed by atoms with Gasteiger partial charge in [0.05, 0.1) is 5.39 Å². The van der Waals surface area contributed by atoms with Gasteiger partial charge in [0, 0.05) is 19.0 Å². The standard InChI is InChI=1S/C15H12N8OS/c24-12(5-4-11-20-22-23-21-11)17-13-9-6-8-25-15(9)19-14(18-13)10-3-1-2-7-16-10/h1-3,6-8,11H,4-5H2,(H,17,18,19,24). The van der Waals surface area contributed by atoms with Gasteiger partial charge in [0.25, 0.3) is 0 Å². The van der Waals surface area contributed by atoms with Gasteiger partial charge < -0.3 is 5.32 Å². The van der Waals surface area contributed by atoms with E-state index in [2.05, 4.69) is 40.9 Å². The van der Waals surface area contributed by atoms with Gasteiger partial charge in [-0.2, -0.15) is 0 Å². The molecule has 0 bridgehead atoms. The number of anilines is 1. The first-order chi connectivity index (χ1) is 12.3. The molecular weight excluding hydrogens is 340 g/mol. The molecule has 1 amide bonds. The van der Waals surface area contributed by atoms with Gasteiger partial charge >= 0.3 is 0 Å². The van der Waals surface area contributed by atoms with Crippen molar-refractivity contribution in [1.29, 1.82) is 0 Å². The maximum atomic E-state index is 12.3. The summed E-state index contributed by atoms with van der Waals surface area (Å²) in [5, 5.41) is 20.0. The zero-order valence-electron chi connectivity index (χ0n) is 12.9. The highest BCUT2D eigenvalue weighted by atomic mass is 32.1. The smallest absolute Gasteiger partial charge is 0.225 e. The van der Waals surface area contributed by atoms with Crippen LogP contribution in [0.3, 0.4) is 0 Å². The summed E-state index contributed by atoms with van der Waals surface area (Å²) in [6.07, 6.45) is 2.00. The molecule has 4 rings (SSSR count). The Kier molecular flexibility index (Phi) is 4.17. The van der Waals surface area contributed by atoms with E-state index in [4.69, 9.17) is 0 Å². The molecule has 0 atom stereocenters. The molecule has 1 N–H and O–H groups in total. The number of nitrogens with zero attached hydrogens (tertiary/aromatic N) is 7. The number of hydrogen-bond acceptors (Lipinski definition) is 9. The van der Waals surface area contributed by atoms with Gasteiger partial charge in [0.2, 0.25) is 5.91 Å². The van der Waals surface area contributed by atoms with Crippen LogP contribution in [0.5, 0.6) is 0 Å². The summed E-state index contributed by atoms with van der Waals surface area (Å²) < 4.78 is 0. The third kappa shape index (κ3) is 3.38. The molecule has 0 fully saturated rings. The lowest BCUT2D eigenvalue weighted by molar-refractivity contribution is -0.116. The van der Waals surface area contributed by atoms with Crippen LogP contribution >= 0.6 is 11.3 Å². The van der Waals surface area contributed by atoms with Crippen molar-refractivity contribution in [2.75, 3.05) is 5.32 Å². The van der Waals surface area contributed by atoms with Crippen molar-refractivity contribution < 1.29 is 4.79 Å². The first-order valence-electron chi connectivity index (χ1n) is 7.56. The Morgan fingerprint density at radius 1 is 1.16 bits per heavy atom. The Morgan fingerprint density at radius 3 is 2.84 bits per heavy atom. The van der Waals surface area contributed by atoms with E-state index in [0.29, 0.717) is 23.8 Å². The number of fused-ring (bicyclic) bond motifs is 1. The number of rotatable bonds is 5. The molecule has 9 nitrogen and oxygen atoms in total. The molecule has 3 aromatic rings. The lowest BCUT2D eigenvalue weighted by Gasteiger charge is -2.08.